The van der Waals surface area contributed by atoms with E-state index in [0.717, 1.165) is 42.8 Å². The zero-order chi connectivity index (χ0) is 22.5. The first-order valence-electron chi connectivity index (χ1n) is 10.9. The Balaban J connectivity index is 1.69. The van der Waals surface area contributed by atoms with Gasteiger partial charge >= 0.3 is 5.97 Å². The van der Waals surface area contributed by atoms with E-state index in [0.29, 0.717) is 11.5 Å². The minimum atomic E-state index is -0.775. The van der Waals surface area contributed by atoms with Crippen LogP contribution in [0, 0.1) is 31.1 Å². The molecule has 0 spiro atoms. The van der Waals surface area contributed by atoms with Gasteiger partial charge in [0.15, 0.2) is 12.4 Å². The van der Waals surface area contributed by atoms with Gasteiger partial charge in [0.2, 0.25) is 0 Å². The van der Waals surface area contributed by atoms with E-state index in [2.05, 4.69) is 18.4 Å². The van der Waals surface area contributed by atoms with Crippen molar-refractivity contribution in [2.24, 2.45) is 5.92 Å². The SMILES string of the molecule is Cc1cc(/C=C(\C#N)C(=O)OCC(=O)c2ccc3c(c2)CCCC3)c(C)n1CC(C)C. The zero-order valence-corrected chi connectivity index (χ0v) is 18.8. The standard InChI is InChI=1S/C26H30N2O3/c1-17(2)15-28-18(3)11-23(19(28)4)13-24(14-27)26(30)31-16-25(29)22-10-9-20-7-5-6-8-21(20)12-22/h9-13,17H,5-8,15-16H2,1-4H3/b24-13+. The Morgan fingerprint density at radius 1 is 1.16 bits per heavy atom. The van der Waals surface area contributed by atoms with E-state index in [9.17, 15) is 14.9 Å². The number of fused-ring (bicyclic) bond motifs is 1. The first kappa shape index (κ1) is 22.6. The third-order valence-electron chi connectivity index (χ3n) is 5.81. The number of nitrogens with zero attached hydrogens (tertiary/aromatic N) is 2. The van der Waals surface area contributed by atoms with Gasteiger partial charge in [0.05, 0.1) is 0 Å². The molecule has 1 aromatic carbocycles. The molecule has 0 fully saturated rings. The zero-order valence-electron chi connectivity index (χ0n) is 18.8. The van der Waals surface area contributed by atoms with Gasteiger partial charge in [-0.2, -0.15) is 5.26 Å². The minimum Gasteiger partial charge on any atom is -0.453 e. The average Bonchev–Trinajstić information content (AvgIpc) is 3.02. The lowest BCUT2D eigenvalue weighted by Crippen LogP contribution is -2.16. The Labute approximate surface area is 184 Å². The van der Waals surface area contributed by atoms with E-state index in [1.165, 1.54) is 17.5 Å². The molecule has 31 heavy (non-hydrogen) atoms. The molecule has 0 N–H and O–H groups in total. The van der Waals surface area contributed by atoms with Crippen molar-refractivity contribution in [3.8, 4) is 6.07 Å². The van der Waals surface area contributed by atoms with E-state index in [4.69, 9.17) is 4.74 Å². The molecule has 0 saturated carbocycles. The fraction of sp³-hybridized carbons (Fsp3) is 0.423. The van der Waals surface area contributed by atoms with Gasteiger partial charge < -0.3 is 9.30 Å². The molecule has 162 valence electrons. The van der Waals surface area contributed by atoms with E-state index in [1.54, 1.807) is 12.1 Å². The summed E-state index contributed by atoms with van der Waals surface area (Å²) in [6.45, 7) is 8.77. The number of aryl methyl sites for hydroxylation is 3. The van der Waals surface area contributed by atoms with E-state index < -0.39 is 5.97 Å². The van der Waals surface area contributed by atoms with Crippen molar-refractivity contribution in [3.05, 3.63) is 63.5 Å². The molecule has 0 atom stereocenters. The summed E-state index contributed by atoms with van der Waals surface area (Å²) < 4.78 is 7.36. The van der Waals surface area contributed by atoms with E-state index in [1.807, 2.05) is 38.1 Å². The highest BCUT2D eigenvalue weighted by Gasteiger charge is 2.18. The summed E-state index contributed by atoms with van der Waals surface area (Å²) in [5.41, 5.74) is 5.83. The normalized spacial score (nSPS) is 13.6. The van der Waals surface area contributed by atoms with Gasteiger partial charge in [0, 0.05) is 23.5 Å². The number of Topliss-reactive ketones (excluding diaryl/α,β-unsaturated/α-hetero) is 1. The molecule has 5 nitrogen and oxygen atoms in total. The molecule has 1 aliphatic rings. The van der Waals surface area contributed by atoms with E-state index in [-0.39, 0.29) is 18.0 Å². The van der Waals surface area contributed by atoms with Crippen LogP contribution in [0.3, 0.4) is 0 Å². The third kappa shape index (κ3) is 5.32. The molecule has 0 bridgehead atoms. The molecule has 2 aromatic rings. The second-order valence-corrected chi connectivity index (χ2v) is 8.69. The molecule has 1 aromatic heterocycles. The van der Waals surface area contributed by atoms with Crippen LogP contribution in [0.4, 0.5) is 0 Å². The molecule has 0 unspecified atom stereocenters. The Morgan fingerprint density at radius 2 is 1.87 bits per heavy atom. The van der Waals surface area contributed by atoms with Crippen molar-refractivity contribution >= 4 is 17.8 Å². The first-order valence-corrected chi connectivity index (χ1v) is 10.9. The molecule has 0 aliphatic heterocycles. The highest BCUT2D eigenvalue weighted by atomic mass is 16.5. The number of carbonyl (C=O) groups is 2. The Hall–Kier alpha value is -3.13. The minimum absolute atomic E-state index is 0.108. The number of hydrogen-bond acceptors (Lipinski definition) is 4. The Kier molecular flexibility index (Phi) is 7.12. The van der Waals surface area contributed by atoms with Crippen molar-refractivity contribution < 1.29 is 14.3 Å². The van der Waals surface area contributed by atoms with Crippen molar-refractivity contribution in [2.75, 3.05) is 6.61 Å². The molecule has 1 heterocycles. The van der Waals surface area contributed by atoms with Gasteiger partial charge in [-0.05, 0) is 80.3 Å². The molecule has 0 amide bonds. The average molecular weight is 419 g/mol. The number of aromatic nitrogens is 1. The van der Waals surface area contributed by atoms with Crippen LogP contribution < -0.4 is 0 Å². The molecule has 5 heteroatoms. The molecule has 3 rings (SSSR count). The summed E-state index contributed by atoms with van der Waals surface area (Å²) in [4.78, 5) is 25.0. The second-order valence-electron chi connectivity index (χ2n) is 8.69. The second kappa shape index (κ2) is 9.78. The van der Waals surface area contributed by atoms with Crippen LogP contribution in [0.15, 0.2) is 29.8 Å². The topological polar surface area (TPSA) is 72.1 Å². The summed E-state index contributed by atoms with van der Waals surface area (Å²) in [6.07, 6.45) is 5.89. The number of benzene rings is 1. The largest absolute Gasteiger partial charge is 0.453 e. The maximum Gasteiger partial charge on any atom is 0.349 e. The number of ether oxygens (including phenoxy) is 1. The lowest BCUT2D eigenvalue weighted by atomic mass is 9.90. The number of rotatable bonds is 7. The van der Waals surface area contributed by atoms with Gasteiger partial charge in [-0.15, -0.1) is 0 Å². The Bertz CT molecular complexity index is 1070. The van der Waals surface area contributed by atoms with Crippen LogP contribution in [-0.4, -0.2) is 22.9 Å². The monoisotopic (exact) mass is 418 g/mol. The van der Waals surface area contributed by atoms with Crippen molar-refractivity contribution in [2.45, 2.75) is 59.9 Å². The molecule has 0 radical (unpaired) electrons. The first-order chi connectivity index (χ1) is 14.8. The van der Waals surface area contributed by atoms with Crippen LogP contribution in [0.25, 0.3) is 6.08 Å². The lowest BCUT2D eigenvalue weighted by Gasteiger charge is -2.16. The maximum absolute atomic E-state index is 12.5. The molecular formula is C26H30N2O3. The summed E-state index contributed by atoms with van der Waals surface area (Å²) in [6, 6.07) is 9.58. The van der Waals surface area contributed by atoms with Gasteiger partial charge in [0.25, 0.3) is 0 Å². The van der Waals surface area contributed by atoms with Crippen LogP contribution in [0.1, 0.15) is 65.1 Å². The van der Waals surface area contributed by atoms with Gasteiger partial charge in [0.1, 0.15) is 11.6 Å². The predicted octanol–water partition coefficient (Wildman–Crippen LogP) is 4.97. The summed E-state index contributed by atoms with van der Waals surface area (Å²) in [5.74, 6) is -0.548. The van der Waals surface area contributed by atoms with Crippen molar-refractivity contribution in [1.82, 2.24) is 4.57 Å². The maximum atomic E-state index is 12.5. The number of hydrogen-bond donors (Lipinski definition) is 0. The van der Waals surface area contributed by atoms with Crippen LogP contribution in [-0.2, 0) is 28.9 Å². The molecular weight excluding hydrogens is 388 g/mol. The fourth-order valence-electron chi connectivity index (χ4n) is 4.11. The number of carbonyl (C=O) groups excluding carboxylic acids is 2. The van der Waals surface area contributed by atoms with Crippen LogP contribution >= 0.6 is 0 Å². The Morgan fingerprint density at radius 3 is 2.55 bits per heavy atom. The van der Waals surface area contributed by atoms with Gasteiger partial charge in [-0.1, -0.05) is 26.0 Å². The van der Waals surface area contributed by atoms with Gasteiger partial charge in [-0.25, -0.2) is 4.79 Å². The highest BCUT2D eigenvalue weighted by molar-refractivity contribution is 6.02. The van der Waals surface area contributed by atoms with Gasteiger partial charge in [-0.3, -0.25) is 4.79 Å². The third-order valence-corrected chi connectivity index (χ3v) is 5.81. The fourth-order valence-corrected chi connectivity index (χ4v) is 4.11. The predicted molar refractivity (Wildman–Crippen MR) is 121 cm³/mol. The summed E-state index contributed by atoms with van der Waals surface area (Å²) >= 11 is 0. The van der Waals surface area contributed by atoms with Crippen LogP contribution in [0.5, 0.6) is 0 Å². The number of esters is 1. The van der Waals surface area contributed by atoms with Crippen molar-refractivity contribution in [3.63, 3.8) is 0 Å². The van der Waals surface area contributed by atoms with Crippen molar-refractivity contribution in [1.29, 1.82) is 5.26 Å². The number of nitriles is 1. The van der Waals surface area contributed by atoms with Crippen LogP contribution in [0.2, 0.25) is 0 Å². The van der Waals surface area contributed by atoms with E-state index >= 15 is 0 Å². The summed E-state index contributed by atoms with van der Waals surface area (Å²) in [7, 11) is 0. The summed E-state index contributed by atoms with van der Waals surface area (Å²) in [5, 5.41) is 9.47. The number of ketones is 1. The molecule has 0 saturated heterocycles. The smallest absolute Gasteiger partial charge is 0.349 e. The highest BCUT2D eigenvalue weighted by Crippen LogP contribution is 2.23. The quantitative estimate of drug-likeness (QED) is 0.275. The lowest BCUT2D eigenvalue weighted by molar-refractivity contribution is -0.137. The molecule has 1 aliphatic carbocycles.